The van der Waals surface area contributed by atoms with Gasteiger partial charge in [-0.25, -0.2) is 0 Å². The number of carbonyl (C=O) groups is 4. The number of nitrogens with one attached hydrogen (secondary N) is 2. The van der Waals surface area contributed by atoms with Crippen LogP contribution in [0, 0.1) is 5.92 Å². The topological polar surface area (TPSA) is 113 Å². The number of allylic oxidation sites excluding steroid dienone is 2. The number of hydrogen-bond acceptors (Lipinski definition) is 5. The highest BCUT2D eigenvalue weighted by molar-refractivity contribution is 9.10. The van der Waals surface area contributed by atoms with Crippen molar-refractivity contribution in [2.75, 3.05) is 19.6 Å². The van der Waals surface area contributed by atoms with E-state index in [1.807, 2.05) is 10.7 Å². The number of ketones is 1. The summed E-state index contributed by atoms with van der Waals surface area (Å²) < 4.78 is 2.52. The molecule has 4 rings (SSSR count). The second-order valence-corrected chi connectivity index (χ2v) is 8.45. The van der Waals surface area contributed by atoms with Crippen molar-refractivity contribution in [1.82, 2.24) is 25.3 Å². The molecule has 2 aliphatic rings. The molecule has 0 radical (unpaired) electrons. The zero-order valence-corrected chi connectivity index (χ0v) is 18.0. The SMILES string of the molecule is CC(=O)N1CC(n2ncc3c(C(=O)NCC4C(=O)C=C(C)NC4=O)cc(Br)cc32)C1. The predicted molar refractivity (Wildman–Crippen MR) is 111 cm³/mol. The Hall–Kier alpha value is -3.01. The maximum Gasteiger partial charge on any atom is 0.252 e. The second kappa shape index (κ2) is 7.67. The lowest BCUT2D eigenvalue weighted by Gasteiger charge is -2.38. The first kappa shape index (κ1) is 20.3. The largest absolute Gasteiger partial charge is 0.351 e. The van der Waals surface area contributed by atoms with E-state index in [0.717, 1.165) is 5.52 Å². The quantitative estimate of drug-likeness (QED) is 0.646. The van der Waals surface area contributed by atoms with E-state index in [1.54, 1.807) is 24.1 Å². The molecule has 1 fully saturated rings. The van der Waals surface area contributed by atoms with E-state index in [2.05, 4.69) is 31.7 Å². The van der Waals surface area contributed by atoms with Gasteiger partial charge in [-0.2, -0.15) is 5.10 Å². The van der Waals surface area contributed by atoms with E-state index >= 15 is 0 Å². The van der Waals surface area contributed by atoms with Gasteiger partial charge in [0.05, 0.1) is 23.3 Å². The first-order valence-corrected chi connectivity index (χ1v) is 10.3. The molecule has 0 spiro atoms. The average Bonchev–Trinajstić information content (AvgIpc) is 3.01. The smallest absolute Gasteiger partial charge is 0.252 e. The van der Waals surface area contributed by atoms with E-state index in [1.165, 1.54) is 13.0 Å². The van der Waals surface area contributed by atoms with Crippen LogP contribution in [0.3, 0.4) is 0 Å². The van der Waals surface area contributed by atoms with Crippen molar-refractivity contribution in [1.29, 1.82) is 0 Å². The van der Waals surface area contributed by atoms with E-state index in [9.17, 15) is 19.2 Å². The zero-order valence-electron chi connectivity index (χ0n) is 16.4. The summed E-state index contributed by atoms with van der Waals surface area (Å²) in [6.07, 6.45) is 2.99. The predicted octanol–water partition coefficient (Wildman–Crippen LogP) is 1.15. The number of halogens is 1. The number of amides is 3. The Labute approximate surface area is 180 Å². The highest BCUT2D eigenvalue weighted by Gasteiger charge is 2.32. The molecule has 10 heteroatoms. The minimum absolute atomic E-state index is 0.0234. The summed E-state index contributed by atoms with van der Waals surface area (Å²) in [5.41, 5.74) is 1.66. The normalized spacial score (nSPS) is 19.4. The van der Waals surface area contributed by atoms with Crippen LogP contribution in [-0.4, -0.2) is 57.8 Å². The van der Waals surface area contributed by atoms with Crippen LogP contribution in [0.4, 0.5) is 0 Å². The number of rotatable bonds is 4. The number of likely N-dealkylation sites (tertiary alicyclic amines) is 1. The van der Waals surface area contributed by atoms with Crippen LogP contribution in [0.15, 0.2) is 34.6 Å². The molecule has 1 unspecified atom stereocenters. The lowest BCUT2D eigenvalue weighted by Crippen LogP contribution is -2.50. The minimum Gasteiger partial charge on any atom is -0.351 e. The van der Waals surface area contributed by atoms with Gasteiger partial charge in [0.15, 0.2) is 5.78 Å². The minimum atomic E-state index is -0.949. The zero-order chi connectivity index (χ0) is 21.6. The van der Waals surface area contributed by atoms with Crippen LogP contribution in [0.5, 0.6) is 0 Å². The van der Waals surface area contributed by atoms with Crippen molar-refractivity contribution >= 4 is 50.3 Å². The second-order valence-electron chi connectivity index (χ2n) is 7.53. The van der Waals surface area contributed by atoms with Crippen LogP contribution >= 0.6 is 15.9 Å². The van der Waals surface area contributed by atoms with Crippen molar-refractivity contribution in [3.63, 3.8) is 0 Å². The Morgan fingerprint density at radius 3 is 2.70 bits per heavy atom. The number of fused-ring (bicyclic) bond motifs is 1. The Morgan fingerprint density at radius 1 is 1.30 bits per heavy atom. The maximum atomic E-state index is 12.9. The van der Waals surface area contributed by atoms with Crippen LogP contribution in [0.2, 0.25) is 0 Å². The number of hydrogen-bond donors (Lipinski definition) is 2. The first-order valence-electron chi connectivity index (χ1n) is 9.48. The Morgan fingerprint density at radius 2 is 2.03 bits per heavy atom. The average molecular weight is 474 g/mol. The van der Waals surface area contributed by atoms with Crippen LogP contribution in [0.1, 0.15) is 30.2 Å². The lowest BCUT2D eigenvalue weighted by atomic mass is 9.98. The summed E-state index contributed by atoms with van der Waals surface area (Å²) in [4.78, 5) is 50.2. The Bertz CT molecular complexity index is 1120. The molecule has 0 aliphatic carbocycles. The number of nitrogens with zero attached hydrogens (tertiary/aromatic N) is 3. The summed E-state index contributed by atoms with van der Waals surface area (Å²) in [5, 5.41) is 10.4. The van der Waals surface area contributed by atoms with Gasteiger partial charge in [-0.05, 0) is 19.1 Å². The molecule has 3 heterocycles. The molecular weight excluding hydrogens is 454 g/mol. The molecular formula is C20H20BrN5O4. The van der Waals surface area contributed by atoms with Gasteiger partial charge in [-0.15, -0.1) is 0 Å². The summed E-state index contributed by atoms with van der Waals surface area (Å²) >= 11 is 3.44. The first-order chi connectivity index (χ1) is 14.2. The van der Waals surface area contributed by atoms with E-state index < -0.39 is 17.7 Å². The molecule has 9 nitrogen and oxygen atoms in total. The molecule has 2 N–H and O–H groups in total. The maximum absolute atomic E-state index is 12.9. The van der Waals surface area contributed by atoms with Gasteiger partial charge in [0, 0.05) is 48.2 Å². The third-order valence-electron chi connectivity index (χ3n) is 5.38. The van der Waals surface area contributed by atoms with Crippen molar-refractivity contribution in [3.05, 3.63) is 40.1 Å². The highest BCUT2D eigenvalue weighted by atomic mass is 79.9. The van der Waals surface area contributed by atoms with Gasteiger partial charge in [-0.3, -0.25) is 23.9 Å². The third kappa shape index (κ3) is 3.62. The van der Waals surface area contributed by atoms with Crippen LogP contribution < -0.4 is 10.6 Å². The molecule has 30 heavy (non-hydrogen) atoms. The van der Waals surface area contributed by atoms with Crippen molar-refractivity contribution in [3.8, 4) is 0 Å². The summed E-state index contributed by atoms with van der Waals surface area (Å²) in [6, 6.07) is 3.61. The standard InChI is InChI=1S/C20H20BrN5O4/c1-10-3-18(28)16(20(30)24-10)6-22-19(29)14-4-12(21)5-17-15(14)7-23-26(17)13-8-25(9-13)11(2)27/h3-5,7,13,16H,6,8-9H2,1-2H3,(H,22,29)(H,24,30). The van der Waals surface area contributed by atoms with Gasteiger partial charge in [0.25, 0.3) is 5.91 Å². The fourth-order valence-electron chi connectivity index (χ4n) is 3.70. The van der Waals surface area contributed by atoms with Gasteiger partial charge in [0.1, 0.15) is 5.92 Å². The lowest BCUT2D eigenvalue weighted by molar-refractivity contribution is -0.135. The molecule has 1 saturated heterocycles. The molecule has 2 aromatic rings. The molecule has 156 valence electrons. The van der Waals surface area contributed by atoms with Gasteiger partial charge >= 0.3 is 0 Å². The molecule has 2 aliphatic heterocycles. The summed E-state index contributed by atoms with van der Waals surface area (Å²) in [6.45, 7) is 4.23. The molecule has 0 bridgehead atoms. The summed E-state index contributed by atoms with van der Waals surface area (Å²) in [5.74, 6) is -2.08. The Balaban J connectivity index is 1.54. The highest BCUT2D eigenvalue weighted by Crippen LogP contribution is 2.29. The fraction of sp³-hybridized carbons (Fsp3) is 0.350. The van der Waals surface area contributed by atoms with Crippen molar-refractivity contribution < 1.29 is 19.2 Å². The molecule has 1 aromatic heterocycles. The number of benzene rings is 1. The van der Waals surface area contributed by atoms with Crippen molar-refractivity contribution in [2.45, 2.75) is 19.9 Å². The molecule has 0 saturated carbocycles. The monoisotopic (exact) mass is 473 g/mol. The van der Waals surface area contributed by atoms with Gasteiger partial charge in [0.2, 0.25) is 11.8 Å². The molecule has 3 amide bonds. The summed E-state index contributed by atoms with van der Waals surface area (Å²) in [7, 11) is 0. The molecule has 1 atom stereocenters. The van der Waals surface area contributed by atoms with Crippen LogP contribution in [0.25, 0.3) is 10.9 Å². The van der Waals surface area contributed by atoms with E-state index in [4.69, 9.17) is 0 Å². The number of aromatic nitrogens is 2. The molecule has 1 aromatic carbocycles. The van der Waals surface area contributed by atoms with E-state index in [-0.39, 0.29) is 24.3 Å². The third-order valence-corrected chi connectivity index (χ3v) is 5.84. The Kier molecular flexibility index (Phi) is 5.19. The van der Waals surface area contributed by atoms with Crippen molar-refractivity contribution in [2.24, 2.45) is 5.92 Å². The van der Waals surface area contributed by atoms with E-state index in [0.29, 0.717) is 34.2 Å². The number of carbonyl (C=O) groups excluding carboxylic acids is 4. The van der Waals surface area contributed by atoms with Gasteiger partial charge < -0.3 is 15.5 Å². The van der Waals surface area contributed by atoms with Crippen LogP contribution in [-0.2, 0) is 14.4 Å². The van der Waals surface area contributed by atoms with Gasteiger partial charge in [-0.1, -0.05) is 15.9 Å². The fourth-order valence-corrected chi connectivity index (χ4v) is 4.15.